The van der Waals surface area contributed by atoms with Gasteiger partial charge in [0.15, 0.2) is 5.78 Å². The number of carbonyl (C=O) groups excluding carboxylic acids is 2. The van der Waals surface area contributed by atoms with E-state index in [1.165, 1.54) is 0 Å². The van der Waals surface area contributed by atoms with Crippen LogP contribution in [0.2, 0.25) is 10.0 Å². The standard InChI is InChI=1S/C17H13Cl2NO2/c1-20-15-5-3-2-4-11(15)16(21)12(17(20)22)8-10-6-7-13(18)14(19)9-10/h2-7,9,12H,8H2,1H3. The first-order valence-corrected chi connectivity index (χ1v) is 7.59. The molecule has 0 N–H and O–H groups in total. The zero-order valence-corrected chi connectivity index (χ0v) is 13.4. The molecule has 1 heterocycles. The minimum atomic E-state index is -0.725. The van der Waals surface area contributed by atoms with Gasteiger partial charge in [0.1, 0.15) is 5.92 Å². The number of Topliss-reactive ketones (excluding diaryl/α,β-unsaturated/α-hetero) is 1. The number of anilines is 1. The molecule has 2 aromatic carbocycles. The number of fused-ring (bicyclic) bond motifs is 1. The maximum absolute atomic E-state index is 12.6. The van der Waals surface area contributed by atoms with Gasteiger partial charge in [0.2, 0.25) is 5.91 Å². The summed E-state index contributed by atoms with van der Waals surface area (Å²) < 4.78 is 0. The van der Waals surface area contributed by atoms with Crippen molar-refractivity contribution in [1.82, 2.24) is 0 Å². The van der Waals surface area contributed by atoms with Crippen molar-refractivity contribution < 1.29 is 9.59 Å². The zero-order chi connectivity index (χ0) is 15.9. The summed E-state index contributed by atoms with van der Waals surface area (Å²) >= 11 is 11.9. The third-order valence-electron chi connectivity index (χ3n) is 3.90. The first-order chi connectivity index (χ1) is 10.5. The van der Waals surface area contributed by atoms with Crippen molar-refractivity contribution in [2.45, 2.75) is 6.42 Å². The zero-order valence-electron chi connectivity index (χ0n) is 11.8. The second-order valence-corrected chi connectivity index (χ2v) is 6.10. The monoisotopic (exact) mass is 333 g/mol. The van der Waals surface area contributed by atoms with Crippen LogP contribution in [0.4, 0.5) is 5.69 Å². The Kier molecular flexibility index (Phi) is 3.94. The molecule has 1 amide bonds. The molecule has 1 aliphatic rings. The first-order valence-electron chi connectivity index (χ1n) is 6.84. The van der Waals surface area contributed by atoms with Crippen LogP contribution in [0.15, 0.2) is 42.5 Å². The smallest absolute Gasteiger partial charge is 0.238 e. The maximum Gasteiger partial charge on any atom is 0.238 e. The molecule has 2 aromatic rings. The van der Waals surface area contributed by atoms with Gasteiger partial charge in [-0.1, -0.05) is 41.4 Å². The number of halogens is 2. The second-order valence-electron chi connectivity index (χ2n) is 5.28. The quantitative estimate of drug-likeness (QED) is 0.778. The van der Waals surface area contributed by atoms with Gasteiger partial charge in [0.05, 0.1) is 15.7 Å². The van der Waals surface area contributed by atoms with Gasteiger partial charge in [0, 0.05) is 12.6 Å². The molecule has 1 unspecified atom stereocenters. The largest absolute Gasteiger partial charge is 0.314 e. The van der Waals surface area contributed by atoms with E-state index in [1.807, 2.05) is 6.07 Å². The number of hydrogen-bond acceptors (Lipinski definition) is 2. The molecule has 0 spiro atoms. The number of amides is 1. The molecule has 0 saturated heterocycles. The SMILES string of the molecule is CN1C(=O)C(Cc2ccc(Cl)c(Cl)c2)C(=O)c2ccccc21. The highest BCUT2D eigenvalue weighted by Gasteiger charge is 2.37. The van der Waals surface area contributed by atoms with Crippen molar-refractivity contribution in [3.8, 4) is 0 Å². The van der Waals surface area contributed by atoms with Crippen molar-refractivity contribution >= 4 is 40.6 Å². The van der Waals surface area contributed by atoms with Gasteiger partial charge in [-0.05, 0) is 36.2 Å². The van der Waals surface area contributed by atoms with Gasteiger partial charge < -0.3 is 4.90 Å². The lowest BCUT2D eigenvalue weighted by molar-refractivity contribution is -0.120. The van der Waals surface area contributed by atoms with Crippen LogP contribution in [0.3, 0.4) is 0 Å². The van der Waals surface area contributed by atoms with Crippen LogP contribution in [0, 0.1) is 5.92 Å². The van der Waals surface area contributed by atoms with Crippen molar-refractivity contribution in [2.24, 2.45) is 5.92 Å². The second kappa shape index (κ2) is 5.75. The van der Waals surface area contributed by atoms with Gasteiger partial charge in [-0.3, -0.25) is 9.59 Å². The van der Waals surface area contributed by atoms with E-state index in [9.17, 15) is 9.59 Å². The summed E-state index contributed by atoms with van der Waals surface area (Å²) in [6.07, 6.45) is 0.313. The van der Waals surface area contributed by atoms with Gasteiger partial charge in [-0.15, -0.1) is 0 Å². The average molecular weight is 334 g/mol. The van der Waals surface area contributed by atoms with E-state index in [0.29, 0.717) is 27.7 Å². The minimum absolute atomic E-state index is 0.148. The Morgan fingerprint density at radius 1 is 1.05 bits per heavy atom. The third kappa shape index (κ3) is 2.51. The number of benzene rings is 2. The lowest BCUT2D eigenvalue weighted by atomic mass is 9.86. The summed E-state index contributed by atoms with van der Waals surface area (Å²) in [7, 11) is 1.69. The fourth-order valence-corrected chi connectivity index (χ4v) is 3.03. The number of hydrogen-bond donors (Lipinski definition) is 0. The lowest BCUT2D eigenvalue weighted by Gasteiger charge is -2.30. The van der Waals surface area contributed by atoms with Crippen LogP contribution in [0.1, 0.15) is 15.9 Å². The molecule has 3 rings (SSSR count). The highest BCUT2D eigenvalue weighted by Crippen LogP contribution is 2.32. The first kappa shape index (κ1) is 15.1. The highest BCUT2D eigenvalue weighted by molar-refractivity contribution is 6.42. The van der Waals surface area contributed by atoms with Crippen LogP contribution < -0.4 is 4.90 Å². The summed E-state index contributed by atoms with van der Waals surface area (Å²) in [5.74, 6) is -1.07. The molecule has 3 nitrogen and oxygen atoms in total. The molecular formula is C17H13Cl2NO2. The van der Waals surface area contributed by atoms with Gasteiger partial charge in [-0.2, -0.15) is 0 Å². The summed E-state index contributed by atoms with van der Waals surface area (Å²) in [4.78, 5) is 26.7. The summed E-state index contributed by atoms with van der Waals surface area (Å²) in [5.41, 5.74) is 2.05. The van der Waals surface area contributed by atoms with Crippen LogP contribution >= 0.6 is 23.2 Å². The Labute approximate surface area is 138 Å². The Morgan fingerprint density at radius 3 is 2.50 bits per heavy atom. The molecule has 0 bridgehead atoms. The average Bonchev–Trinajstić information content (AvgIpc) is 2.53. The number of rotatable bonds is 2. The maximum atomic E-state index is 12.6. The normalized spacial score (nSPS) is 17.6. The Hall–Kier alpha value is -1.84. The van der Waals surface area contributed by atoms with Crippen molar-refractivity contribution in [1.29, 1.82) is 0 Å². The third-order valence-corrected chi connectivity index (χ3v) is 4.64. The number of para-hydroxylation sites is 1. The van der Waals surface area contributed by atoms with Gasteiger partial charge >= 0.3 is 0 Å². The summed E-state index contributed by atoms with van der Waals surface area (Å²) in [6, 6.07) is 12.3. The van der Waals surface area contributed by atoms with Crippen LogP contribution in [-0.2, 0) is 11.2 Å². The van der Waals surface area contributed by atoms with E-state index >= 15 is 0 Å². The predicted molar refractivity (Wildman–Crippen MR) is 87.8 cm³/mol. The van der Waals surface area contributed by atoms with Crippen LogP contribution in [0.25, 0.3) is 0 Å². The van der Waals surface area contributed by atoms with E-state index < -0.39 is 5.92 Å². The summed E-state index contributed by atoms with van der Waals surface area (Å²) in [6.45, 7) is 0. The molecule has 0 fully saturated rings. The number of ketones is 1. The van der Waals surface area contributed by atoms with Crippen molar-refractivity contribution in [3.63, 3.8) is 0 Å². The predicted octanol–water partition coefficient (Wildman–Crippen LogP) is 4.01. The lowest BCUT2D eigenvalue weighted by Crippen LogP contribution is -2.43. The minimum Gasteiger partial charge on any atom is -0.314 e. The fourth-order valence-electron chi connectivity index (χ4n) is 2.71. The molecule has 5 heteroatoms. The van der Waals surface area contributed by atoms with Gasteiger partial charge in [0.25, 0.3) is 0 Å². The van der Waals surface area contributed by atoms with Gasteiger partial charge in [-0.25, -0.2) is 0 Å². The number of carbonyl (C=O) groups is 2. The molecule has 112 valence electrons. The Balaban J connectivity index is 1.96. The van der Waals surface area contributed by atoms with E-state index in [2.05, 4.69) is 0 Å². The highest BCUT2D eigenvalue weighted by atomic mass is 35.5. The fraction of sp³-hybridized carbons (Fsp3) is 0.176. The Morgan fingerprint density at radius 2 is 1.77 bits per heavy atom. The van der Waals surface area contributed by atoms with E-state index in [4.69, 9.17) is 23.2 Å². The summed E-state index contributed by atoms with van der Waals surface area (Å²) in [5, 5.41) is 0.873. The Bertz CT molecular complexity index is 773. The molecule has 1 aliphatic heterocycles. The number of nitrogens with zero attached hydrogens (tertiary/aromatic N) is 1. The van der Waals surface area contributed by atoms with Crippen molar-refractivity contribution in [2.75, 3.05) is 11.9 Å². The van der Waals surface area contributed by atoms with Crippen molar-refractivity contribution in [3.05, 3.63) is 63.6 Å². The van der Waals surface area contributed by atoms with E-state index in [1.54, 1.807) is 48.3 Å². The van der Waals surface area contributed by atoms with Crippen LogP contribution in [-0.4, -0.2) is 18.7 Å². The van der Waals surface area contributed by atoms with E-state index in [-0.39, 0.29) is 11.7 Å². The van der Waals surface area contributed by atoms with Crippen LogP contribution in [0.5, 0.6) is 0 Å². The molecule has 0 radical (unpaired) electrons. The topological polar surface area (TPSA) is 37.4 Å². The molecule has 0 aliphatic carbocycles. The molecule has 0 saturated carbocycles. The van der Waals surface area contributed by atoms with E-state index in [0.717, 1.165) is 5.56 Å². The molecule has 1 atom stereocenters. The molecule has 0 aromatic heterocycles. The molecular weight excluding hydrogens is 321 g/mol. The molecule has 22 heavy (non-hydrogen) atoms.